The van der Waals surface area contributed by atoms with Crippen molar-refractivity contribution in [3.05, 3.63) is 25.3 Å². The van der Waals surface area contributed by atoms with E-state index in [0.29, 0.717) is 0 Å². The normalized spacial score (nSPS) is 12.4. The molecule has 0 bridgehead atoms. The van der Waals surface area contributed by atoms with Crippen LogP contribution >= 0.6 is 0 Å². The zero-order chi connectivity index (χ0) is 13.7. The molecule has 0 rings (SSSR count). The number of hydrogen-bond acceptors (Lipinski definition) is 3. The van der Waals surface area contributed by atoms with Crippen molar-refractivity contribution in [2.24, 2.45) is 5.41 Å². The summed E-state index contributed by atoms with van der Waals surface area (Å²) in [7, 11) is -3.64. The minimum atomic E-state index is -3.64. The Balaban J connectivity index is 5.04. The van der Waals surface area contributed by atoms with E-state index in [1.807, 2.05) is 0 Å². The van der Waals surface area contributed by atoms with E-state index in [2.05, 4.69) is 13.2 Å². The number of nitrogens with zero attached hydrogens (tertiary/aromatic N) is 1. The standard InChI is InChI=1S/C11H19NO4S/c1-5-7-12(8-6-2)17(15,16)9-11(3,4)10(13)14/h5-6H,1-2,7-9H2,3-4H3,(H,13,14). The molecule has 0 atom stereocenters. The molecule has 1 N–H and O–H groups in total. The monoisotopic (exact) mass is 261 g/mol. The summed E-state index contributed by atoms with van der Waals surface area (Å²) in [5, 5.41) is 8.92. The molecule has 0 aromatic carbocycles. The number of sulfonamides is 1. The van der Waals surface area contributed by atoms with Crippen molar-refractivity contribution in [3.8, 4) is 0 Å². The first-order valence-corrected chi connectivity index (χ1v) is 6.71. The summed E-state index contributed by atoms with van der Waals surface area (Å²) >= 11 is 0. The number of hydrogen-bond donors (Lipinski definition) is 1. The Labute approximate surface area is 102 Å². The van der Waals surface area contributed by atoms with Crippen LogP contribution in [0.15, 0.2) is 25.3 Å². The second-order valence-corrected chi connectivity index (χ2v) is 6.31. The molecule has 0 heterocycles. The summed E-state index contributed by atoms with van der Waals surface area (Å²) < 4.78 is 25.1. The molecule has 0 aromatic rings. The van der Waals surface area contributed by atoms with Gasteiger partial charge in [0.1, 0.15) is 0 Å². The van der Waals surface area contributed by atoms with Gasteiger partial charge in [0.2, 0.25) is 10.0 Å². The van der Waals surface area contributed by atoms with Gasteiger partial charge in [0.15, 0.2) is 0 Å². The summed E-state index contributed by atoms with van der Waals surface area (Å²) in [5.74, 6) is -1.59. The lowest BCUT2D eigenvalue weighted by Crippen LogP contribution is -2.41. The summed E-state index contributed by atoms with van der Waals surface area (Å²) in [6, 6.07) is 0. The van der Waals surface area contributed by atoms with Crippen molar-refractivity contribution < 1.29 is 18.3 Å². The SMILES string of the molecule is C=CCN(CC=C)S(=O)(=O)CC(C)(C)C(=O)O. The van der Waals surface area contributed by atoms with Gasteiger partial charge in [-0.05, 0) is 13.8 Å². The molecular weight excluding hydrogens is 242 g/mol. The molecule has 0 saturated carbocycles. The third-order valence-electron chi connectivity index (χ3n) is 2.18. The maximum atomic E-state index is 12.0. The van der Waals surface area contributed by atoms with Crippen LogP contribution in [0.1, 0.15) is 13.8 Å². The molecule has 0 fully saturated rings. The van der Waals surface area contributed by atoms with Crippen LogP contribution in [-0.2, 0) is 14.8 Å². The van der Waals surface area contributed by atoms with Crippen LogP contribution in [0.25, 0.3) is 0 Å². The quantitative estimate of drug-likeness (QED) is 0.664. The van der Waals surface area contributed by atoms with E-state index in [1.54, 1.807) is 0 Å². The highest BCUT2D eigenvalue weighted by Crippen LogP contribution is 2.20. The highest BCUT2D eigenvalue weighted by molar-refractivity contribution is 7.89. The average Bonchev–Trinajstić information content (AvgIpc) is 2.15. The maximum Gasteiger partial charge on any atom is 0.310 e. The summed E-state index contributed by atoms with van der Waals surface area (Å²) in [5.41, 5.74) is -1.32. The molecule has 0 saturated heterocycles. The Kier molecular flexibility index (Phi) is 5.57. The topological polar surface area (TPSA) is 74.7 Å². The molecular formula is C11H19NO4S. The minimum absolute atomic E-state index is 0.143. The van der Waals surface area contributed by atoms with Crippen molar-refractivity contribution in [1.29, 1.82) is 0 Å². The van der Waals surface area contributed by atoms with Gasteiger partial charge in [-0.25, -0.2) is 8.42 Å². The van der Waals surface area contributed by atoms with Crippen molar-refractivity contribution in [2.75, 3.05) is 18.8 Å². The Morgan fingerprint density at radius 3 is 2.00 bits per heavy atom. The van der Waals surface area contributed by atoms with Crippen molar-refractivity contribution in [3.63, 3.8) is 0 Å². The van der Waals surface area contributed by atoms with Gasteiger partial charge in [-0.15, -0.1) is 13.2 Å². The smallest absolute Gasteiger partial charge is 0.310 e. The van der Waals surface area contributed by atoms with E-state index in [-0.39, 0.29) is 13.1 Å². The van der Waals surface area contributed by atoms with Crippen LogP contribution in [0.2, 0.25) is 0 Å². The average molecular weight is 261 g/mol. The van der Waals surface area contributed by atoms with E-state index < -0.39 is 27.2 Å². The molecule has 5 nitrogen and oxygen atoms in total. The first-order chi connectivity index (χ1) is 7.67. The van der Waals surface area contributed by atoms with E-state index in [1.165, 1.54) is 26.0 Å². The first-order valence-electron chi connectivity index (χ1n) is 5.10. The fourth-order valence-electron chi connectivity index (χ4n) is 1.20. The van der Waals surface area contributed by atoms with Crippen LogP contribution in [0.3, 0.4) is 0 Å². The largest absolute Gasteiger partial charge is 0.481 e. The van der Waals surface area contributed by atoms with E-state index in [4.69, 9.17) is 5.11 Å². The Bertz CT molecular complexity index is 388. The van der Waals surface area contributed by atoms with Gasteiger partial charge in [-0.2, -0.15) is 4.31 Å². The van der Waals surface area contributed by atoms with Crippen LogP contribution in [0, 0.1) is 5.41 Å². The highest BCUT2D eigenvalue weighted by Gasteiger charge is 2.35. The van der Waals surface area contributed by atoms with Crippen molar-refractivity contribution >= 4 is 16.0 Å². The molecule has 0 aliphatic rings. The number of carboxylic acids is 1. The van der Waals surface area contributed by atoms with Crippen LogP contribution < -0.4 is 0 Å². The van der Waals surface area contributed by atoms with E-state index in [9.17, 15) is 13.2 Å². The lowest BCUT2D eigenvalue weighted by Gasteiger charge is -2.25. The van der Waals surface area contributed by atoms with E-state index >= 15 is 0 Å². The highest BCUT2D eigenvalue weighted by atomic mass is 32.2. The van der Waals surface area contributed by atoms with Crippen molar-refractivity contribution in [1.82, 2.24) is 4.31 Å². The predicted molar refractivity (Wildman–Crippen MR) is 67.2 cm³/mol. The zero-order valence-corrected chi connectivity index (χ0v) is 11.0. The Hall–Kier alpha value is -1.14. The van der Waals surface area contributed by atoms with Gasteiger partial charge in [-0.3, -0.25) is 4.79 Å². The Morgan fingerprint density at radius 1 is 1.29 bits per heavy atom. The molecule has 0 aliphatic heterocycles. The maximum absolute atomic E-state index is 12.0. The van der Waals surface area contributed by atoms with E-state index in [0.717, 1.165) is 4.31 Å². The molecule has 17 heavy (non-hydrogen) atoms. The first kappa shape index (κ1) is 15.9. The molecule has 0 spiro atoms. The van der Waals surface area contributed by atoms with Gasteiger partial charge < -0.3 is 5.11 Å². The number of carbonyl (C=O) groups is 1. The Morgan fingerprint density at radius 2 is 1.71 bits per heavy atom. The number of carboxylic acid groups (broad SMARTS) is 1. The molecule has 98 valence electrons. The third kappa shape index (κ3) is 4.70. The minimum Gasteiger partial charge on any atom is -0.481 e. The van der Waals surface area contributed by atoms with Gasteiger partial charge in [0.05, 0.1) is 11.2 Å². The predicted octanol–water partition coefficient (Wildman–Crippen LogP) is 1.10. The lowest BCUT2D eigenvalue weighted by molar-refractivity contribution is -0.145. The van der Waals surface area contributed by atoms with Gasteiger partial charge in [0.25, 0.3) is 0 Å². The molecule has 0 aromatic heterocycles. The second kappa shape index (κ2) is 5.97. The molecule has 0 amide bonds. The van der Waals surface area contributed by atoms with Crippen LogP contribution in [0.4, 0.5) is 0 Å². The molecule has 0 aliphatic carbocycles. The zero-order valence-electron chi connectivity index (χ0n) is 10.2. The molecule has 0 unspecified atom stereocenters. The summed E-state index contributed by atoms with van der Waals surface area (Å²) in [6.07, 6.45) is 2.91. The van der Waals surface area contributed by atoms with Gasteiger partial charge in [-0.1, -0.05) is 12.2 Å². The fourth-order valence-corrected chi connectivity index (χ4v) is 3.08. The summed E-state index contributed by atoms with van der Waals surface area (Å²) in [4.78, 5) is 10.9. The molecule has 6 heteroatoms. The summed E-state index contributed by atoms with van der Waals surface area (Å²) in [6.45, 7) is 9.99. The fraction of sp³-hybridized carbons (Fsp3) is 0.545. The second-order valence-electron chi connectivity index (χ2n) is 4.34. The van der Waals surface area contributed by atoms with Gasteiger partial charge >= 0.3 is 5.97 Å². The number of aliphatic carboxylic acids is 1. The van der Waals surface area contributed by atoms with Crippen molar-refractivity contribution in [2.45, 2.75) is 13.8 Å². The number of rotatable bonds is 8. The molecule has 0 radical (unpaired) electrons. The van der Waals surface area contributed by atoms with Crippen LogP contribution in [0.5, 0.6) is 0 Å². The van der Waals surface area contributed by atoms with Crippen LogP contribution in [-0.4, -0.2) is 42.6 Å². The third-order valence-corrected chi connectivity index (χ3v) is 4.35. The lowest BCUT2D eigenvalue weighted by atomic mass is 9.97. The van der Waals surface area contributed by atoms with Gasteiger partial charge in [0, 0.05) is 13.1 Å².